The SMILES string of the molecule is CC(C)Cn1ccc(C(C)CC(=O)O)n1. The highest BCUT2D eigenvalue weighted by Crippen LogP contribution is 2.16. The average Bonchev–Trinajstić information content (AvgIpc) is 2.50. The van der Waals surface area contributed by atoms with Crippen molar-refractivity contribution in [3.8, 4) is 0 Å². The lowest BCUT2D eigenvalue weighted by Crippen LogP contribution is -2.07. The Hall–Kier alpha value is -1.32. The highest BCUT2D eigenvalue weighted by molar-refractivity contribution is 5.67. The number of carboxylic acids is 1. The molecule has 4 nitrogen and oxygen atoms in total. The van der Waals surface area contributed by atoms with Crippen molar-refractivity contribution in [3.63, 3.8) is 0 Å². The van der Waals surface area contributed by atoms with E-state index in [0.29, 0.717) is 5.92 Å². The Morgan fingerprint density at radius 2 is 2.20 bits per heavy atom. The average molecular weight is 210 g/mol. The highest BCUT2D eigenvalue weighted by atomic mass is 16.4. The molecule has 0 saturated heterocycles. The summed E-state index contributed by atoms with van der Waals surface area (Å²) in [4.78, 5) is 10.5. The summed E-state index contributed by atoms with van der Waals surface area (Å²) in [7, 11) is 0. The van der Waals surface area contributed by atoms with Crippen molar-refractivity contribution >= 4 is 5.97 Å². The molecular weight excluding hydrogens is 192 g/mol. The first-order valence-corrected chi connectivity index (χ1v) is 5.24. The van der Waals surface area contributed by atoms with Gasteiger partial charge in [-0.15, -0.1) is 0 Å². The molecule has 1 unspecified atom stereocenters. The number of hydrogen-bond donors (Lipinski definition) is 1. The molecule has 0 spiro atoms. The van der Waals surface area contributed by atoms with Gasteiger partial charge < -0.3 is 5.11 Å². The molecule has 1 heterocycles. The van der Waals surface area contributed by atoms with Gasteiger partial charge in [0.05, 0.1) is 12.1 Å². The molecule has 1 N–H and O–H groups in total. The van der Waals surface area contributed by atoms with Crippen LogP contribution in [0.1, 0.15) is 38.8 Å². The molecule has 4 heteroatoms. The van der Waals surface area contributed by atoms with E-state index in [-0.39, 0.29) is 12.3 Å². The van der Waals surface area contributed by atoms with Gasteiger partial charge in [0.1, 0.15) is 0 Å². The molecule has 0 aliphatic rings. The van der Waals surface area contributed by atoms with Gasteiger partial charge in [-0.3, -0.25) is 9.48 Å². The van der Waals surface area contributed by atoms with Gasteiger partial charge in [0.2, 0.25) is 0 Å². The standard InChI is InChI=1S/C11H18N2O2/c1-8(2)7-13-5-4-10(12-13)9(3)6-11(14)15/h4-5,8-9H,6-7H2,1-3H3,(H,14,15). The zero-order chi connectivity index (χ0) is 11.4. The van der Waals surface area contributed by atoms with E-state index >= 15 is 0 Å². The summed E-state index contributed by atoms with van der Waals surface area (Å²) in [5.41, 5.74) is 0.859. The minimum atomic E-state index is -0.777. The van der Waals surface area contributed by atoms with Crippen LogP contribution in [0.2, 0.25) is 0 Å². The van der Waals surface area contributed by atoms with Crippen LogP contribution < -0.4 is 0 Å². The Morgan fingerprint density at radius 3 is 2.73 bits per heavy atom. The van der Waals surface area contributed by atoms with E-state index in [2.05, 4.69) is 18.9 Å². The third-order valence-corrected chi connectivity index (χ3v) is 2.20. The van der Waals surface area contributed by atoms with Crippen LogP contribution in [0.25, 0.3) is 0 Å². The summed E-state index contributed by atoms with van der Waals surface area (Å²) < 4.78 is 1.87. The fourth-order valence-electron chi connectivity index (χ4n) is 1.48. The fraction of sp³-hybridized carbons (Fsp3) is 0.636. The third kappa shape index (κ3) is 3.73. The minimum Gasteiger partial charge on any atom is -0.481 e. The summed E-state index contributed by atoms with van der Waals surface area (Å²) in [6.07, 6.45) is 2.05. The molecule has 1 aromatic heterocycles. The topological polar surface area (TPSA) is 55.1 Å². The minimum absolute atomic E-state index is 0.0177. The lowest BCUT2D eigenvalue weighted by atomic mass is 10.1. The Balaban J connectivity index is 2.62. The second-order valence-electron chi connectivity index (χ2n) is 4.36. The maximum Gasteiger partial charge on any atom is 0.304 e. The van der Waals surface area contributed by atoms with Crippen molar-refractivity contribution in [1.82, 2.24) is 9.78 Å². The van der Waals surface area contributed by atoms with Gasteiger partial charge in [0.15, 0.2) is 0 Å². The summed E-state index contributed by atoms with van der Waals surface area (Å²) in [5, 5.41) is 13.0. The van der Waals surface area contributed by atoms with E-state index in [0.717, 1.165) is 12.2 Å². The summed E-state index contributed by atoms with van der Waals surface area (Å²) in [5.74, 6) is -0.246. The number of carbonyl (C=O) groups is 1. The Bertz CT molecular complexity index is 331. The second kappa shape index (κ2) is 4.96. The molecular formula is C11H18N2O2. The normalized spacial score (nSPS) is 13.1. The first-order valence-electron chi connectivity index (χ1n) is 5.24. The molecule has 0 bridgehead atoms. The smallest absolute Gasteiger partial charge is 0.304 e. The summed E-state index contributed by atoms with van der Waals surface area (Å²) in [6, 6.07) is 1.90. The first-order chi connectivity index (χ1) is 6.99. The van der Waals surface area contributed by atoms with Crippen LogP contribution in [0.3, 0.4) is 0 Å². The quantitative estimate of drug-likeness (QED) is 0.809. The Labute approximate surface area is 89.9 Å². The lowest BCUT2D eigenvalue weighted by Gasteiger charge is -2.06. The molecule has 0 radical (unpaired) electrons. The molecule has 1 aromatic rings. The van der Waals surface area contributed by atoms with Crippen LogP contribution >= 0.6 is 0 Å². The Kier molecular flexibility index (Phi) is 3.88. The number of nitrogens with zero attached hydrogens (tertiary/aromatic N) is 2. The zero-order valence-electron chi connectivity index (χ0n) is 9.47. The van der Waals surface area contributed by atoms with Crippen LogP contribution in [0, 0.1) is 5.92 Å². The van der Waals surface area contributed by atoms with Gasteiger partial charge in [-0.25, -0.2) is 0 Å². The number of carboxylic acid groups (broad SMARTS) is 1. The van der Waals surface area contributed by atoms with E-state index in [1.807, 2.05) is 23.9 Å². The van der Waals surface area contributed by atoms with Crippen LogP contribution in [-0.2, 0) is 11.3 Å². The summed E-state index contributed by atoms with van der Waals surface area (Å²) in [6.45, 7) is 7.01. The van der Waals surface area contributed by atoms with Gasteiger partial charge in [-0.2, -0.15) is 5.10 Å². The summed E-state index contributed by atoms with van der Waals surface area (Å²) >= 11 is 0. The molecule has 0 aliphatic carbocycles. The zero-order valence-corrected chi connectivity index (χ0v) is 9.47. The van der Waals surface area contributed by atoms with Crippen molar-refractivity contribution in [1.29, 1.82) is 0 Å². The van der Waals surface area contributed by atoms with Gasteiger partial charge in [0, 0.05) is 18.7 Å². The molecule has 0 amide bonds. The molecule has 0 fully saturated rings. The fourth-order valence-corrected chi connectivity index (χ4v) is 1.48. The van der Waals surface area contributed by atoms with Crippen LogP contribution in [0.15, 0.2) is 12.3 Å². The van der Waals surface area contributed by atoms with Crippen molar-refractivity contribution in [3.05, 3.63) is 18.0 Å². The van der Waals surface area contributed by atoms with E-state index in [4.69, 9.17) is 5.11 Å². The van der Waals surface area contributed by atoms with Gasteiger partial charge >= 0.3 is 5.97 Å². The van der Waals surface area contributed by atoms with E-state index in [1.54, 1.807) is 0 Å². The molecule has 84 valence electrons. The van der Waals surface area contributed by atoms with Gasteiger partial charge in [0.25, 0.3) is 0 Å². The highest BCUT2D eigenvalue weighted by Gasteiger charge is 2.12. The Morgan fingerprint density at radius 1 is 1.53 bits per heavy atom. The number of aliphatic carboxylic acids is 1. The molecule has 0 aliphatic heterocycles. The number of rotatable bonds is 5. The van der Waals surface area contributed by atoms with Crippen LogP contribution in [-0.4, -0.2) is 20.9 Å². The van der Waals surface area contributed by atoms with Crippen molar-refractivity contribution in [2.24, 2.45) is 5.92 Å². The van der Waals surface area contributed by atoms with Crippen LogP contribution in [0.5, 0.6) is 0 Å². The molecule has 1 atom stereocenters. The maximum absolute atomic E-state index is 10.5. The lowest BCUT2D eigenvalue weighted by molar-refractivity contribution is -0.137. The molecule has 0 saturated carbocycles. The van der Waals surface area contributed by atoms with Gasteiger partial charge in [-0.1, -0.05) is 20.8 Å². The predicted molar refractivity (Wildman–Crippen MR) is 57.7 cm³/mol. The monoisotopic (exact) mass is 210 g/mol. The number of aromatic nitrogens is 2. The van der Waals surface area contributed by atoms with E-state index < -0.39 is 5.97 Å². The second-order valence-corrected chi connectivity index (χ2v) is 4.36. The first kappa shape index (κ1) is 11.8. The van der Waals surface area contributed by atoms with Gasteiger partial charge in [-0.05, 0) is 12.0 Å². The van der Waals surface area contributed by atoms with Crippen molar-refractivity contribution in [2.45, 2.75) is 39.7 Å². The van der Waals surface area contributed by atoms with Crippen molar-refractivity contribution in [2.75, 3.05) is 0 Å². The molecule has 1 rings (SSSR count). The third-order valence-electron chi connectivity index (χ3n) is 2.20. The predicted octanol–water partition coefficient (Wildman–Crippen LogP) is 2.12. The number of hydrogen-bond acceptors (Lipinski definition) is 2. The molecule has 15 heavy (non-hydrogen) atoms. The van der Waals surface area contributed by atoms with E-state index in [1.165, 1.54) is 0 Å². The van der Waals surface area contributed by atoms with Crippen molar-refractivity contribution < 1.29 is 9.90 Å². The molecule has 0 aromatic carbocycles. The van der Waals surface area contributed by atoms with E-state index in [9.17, 15) is 4.79 Å². The maximum atomic E-state index is 10.5. The van der Waals surface area contributed by atoms with Crippen LogP contribution in [0.4, 0.5) is 0 Å². The largest absolute Gasteiger partial charge is 0.481 e.